The maximum Gasteiger partial charge on any atom is 0.273 e. The van der Waals surface area contributed by atoms with Gasteiger partial charge in [0.25, 0.3) is 5.91 Å². The van der Waals surface area contributed by atoms with Gasteiger partial charge in [0, 0.05) is 30.3 Å². The Bertz CT molecular complexity index is 1050. The number of nitrogens with one attached hydrogen (secondary N) is 2. The van der Waals surface area contributed by atoms with Gasteiger partial charge >= 0.3 is 0 Å². The van der Waals surface area contributed by atoms with Gasteiger partial charge in [-0.3, -0.25) is 14.8 Å². The van der Waals surface area contributed by atoms with Crippen molar-refractivity contribution in [2.45, 2.75) is 13.8 Å². The van der Waals surface area contributed by atoms with Gasteiger partial charge in [0.15, 0.2) is 16.5 Å². The van der Waals surface area contributed by atoms with Crippen LogP contribution in [0.15, 0.2) is 29.5 Å². The van der Waals surface area contributed by atoms with Crippen LogP contribution in [-0.4, -0.2) is 37.8 Å². The predicted molar refractivity (Wildman–Crippen MR) is 98.3 cm³/mol. The Morgan fingerprint density at radius 3 is 2.88 bits per heavy atom. The molecule has 132 valence electrons. The Hall–Kier alpha value is -3.09. The van der Waals surface area contributed by atoms with Gasteiger partial charge in [-0.2, -0.15) is 4.98 Å². The van der Waals surface area contributed by atoms with Crippen molar-refractivity contribution in [3.8, 4) is 0 Å². The van der Waals surface area contributed by atoms with E-state index in [4.69, 9.17) is 15.7 Å². The summed E-state index contributed by atoms with van der Waals surface area (Å²) in [5.74, 6) is 0.386. The van der Waals surface area contributed by atoms with Crippen molar-refractivity contribution in [3.63, 3.8) is 0 Å². The maximum atomic E-state index is 12.3. The number of aryl methyl sites for hydroxylation is 2. The van der Waals surface area contributed by atoms with E-state index in [0.29, 0.717) is 11.5 Å². The zero-order valence-corrected chi connectivity index (χ0v) is 15.0. The molecule has 26 heavy (non-hydrogen) atoms. The number of anilines is 1. The number of halogens is 1. The van der Waals surface area contributed by atoms with Crippen LogP contribution in [0.1, 0.15) is 33.2 Å². The minimum absolute atomic E-state index is 0.0396. The summed E-state index contributed by atoms with van der Waals surface area (Å²) in [6.45, 7) is 1.04. The standard InChI is InChI=1S/C17H16ClN7O/c1-9-11(16-20-10(2)25(4)24-16)6-5-7-12(9)21-13-8-14(18)22-23-15(13)17(26)19-3/h6-8H,1-4H3,(H-,19,21,22,26)/p+1/i3D3. The fraction of sp³-hybridized carbons (Fsp3) is 0.235. The summed E-state index contributed by atoms with van der Waals surface area (Å²) in [5.41, 5.74) is 2.14. The van der Waals surface area contributed by atoms with E-state index in [2.05, 4.69) is 31.7 Å². The Balaban J connectivity index is 1.95. The Morgan fingerprint density at radius 1 is 1.38 bits per heavy atom. The van der Waals surface area contributed by atoms with Gasteiger partial charge in [-0.1, -0.05) is 11.6 Å². The molecule has 2 heterocycles. The zero-order valence-electron chi connectivity index (χ0n) is 17.3. The van der Waals surface area contributed by atoms with Crippen LogP contribution in [0.2, 0.25) is 5.15 Å². The summed E-state index contributed by atoms with van der Waals surface area (Å²) in [4.78, 5) is 16.7. The van der Waals surface area contributed by atoms with E-state index < -0.39 is 12.9 Å². The zero-order chi connectivity index (χ0) is 21.3. The first-order valence-corrected chi connectivity index (χ1v) is 7.94. The van der Waals surface area contributed by atoms with E-state index in [9.17, 15) is 4.79 Å². The first-order chi connectivity index (χ1) is 13.5. The highest BCUT2D eigenvalue weighted by atomic mass is 35.5. The lowest BCUT2D eigenvalue weighted by atomic mass is 10.0. The van der Waals surface area contributed by atoms with Crippen molar-refractivity contribution >= 4 is 28.8 Å². The van der Waals surface area contributed by atoms with Gasteiger partial charge in [-0.25, -0.2) is 0 Å². The lowest BCUT2D eigenvalue weighted by Crippen LogP contribution is -2.22. The average molecular weight is 374 g/mol. The first kappa shape index (κ1) is 14.1. The molecule has 2 N–H and O–H groups in total. The van der Waals surface area contributed by atoms with Crippen LogP contribution in [0.5, 0.6) is 0 Å². The Morgan fingerprint density at radius 2 is 2.19 bits per heavy atom. The Kier molecular flexibility index (Phi) is 3.82. The molecule has 2 aromatic heterocycles. The summed E-state index contributed by atoms with van der Waals surface area (Å²) in [5, 5.41) is 16.7. The van der Waals surface area contributed by atoms with Crippen LogP contribution < -0.4 is 10.6 Å². The molecule has 0 saturated heterocycles. The summed E-state index contributed by atoms with van der Waals surface area (Å²) >= 11 is 5.92. The van der Waals surface area contributed by atoms with E-state index in [0.717, 1.165) is 17.0 Å². The van der Waals surface area contributed by atoms with Crippen LogP contribution in [0, 0.1) is 13.0 Å². The summed E-state index contributed by atoms with van der Waals surface area (Å²) in [6.07, 6.45) is 6.44. The first-order valence-electron chi connectivity index (χ1n) is 9.06. The second-order valence-corrected chi connectivity index (χ2v) is 5.91. The second kappa shape index (κ2) is 7.03. The van der Waals surface area contributed by atoms with Gasteiger partial charge in [0.05, 0.1) is 11.3 Å². The van der Waals surface area contributed by atoms with Crippen LogP contribution in [0.3, 0.4) is 0 Å². The molecule has 1 amide bonds. The molecule has 8 nitrogen and oxygen atoms in total. The largest absolute Gasteiger partial charge is 0.354 e. The van der Waals surface area contributed by atoms with E-state index in [1.807, 2.05) is 19.2 Å². The number of nitrogens with zero attached hydrogens (tertiary/aromatic N) is 5. The molecule has 0 atom stereocenters. The second-order valence-electron chi connectivity index (χ2n) is 5.52. The lowest BCUT2D eigenvalue weighted by Gasteiger charge is -2.11. The van der Waals surface area contributed by atoms with Gasteiger partial charge in [0.2, 0.25) is 5.82 Å². The van der Waals surface area contributed by atoms with Crippen molar-refractivity contribution < 1.29 is 8.91 Å². The number of aromatic nitrogens is 5. The molecule has 1 aliphatic carbocycles. The SMILES string of the molecule is [2H]C([2H])([2H])NC(=O)c1nnc(Cl)cc1NC1=C[C+]=CC(c2nc(C)n(C)n2)=C1C. The maximum absolute atomic E-state index is 12.3. The molecule has 9 heteroatoms. The monoisotopic (exact) mass is 373 g/mol. The molecule has 0 radical (unpaired) electrons. The summed E-state index contributed by atoms with van der Waals surface area (Å²) in [7, 11) is 1.80. The molecule has 1 aliphatic rings. The van der Waals surface area contributed by atoms with Crippen molar-refractivity contribution in [2.75, 3.05) is 12.3 Å². The fourth-order valence-electron chi connectivity index (χ4n) is 2.34. The number of carbonyl (C=O) groups excluding carboxylic acids is 1. The number of amides is 1. The molecule has 0 spiro atoms. The third-order valence-corrected chi connectivity index (χ3v) is 4.03. The van der Waals surface area contributed by atoms with Gasteiger partial charge in [-0.15, -0.1) is 15.3 Å². The minimum Gasteiger partial charge on any atom is -0.354 e. The fourth-order valence-corrected chi connectivity index (χ4v) is 2.49. The topological polar surface area (TPSA) is 97.6 Å². The van der Waals surface area contributed by atoms with Gasteiger partial charge < -0.3 is 5.32 Å². The van der Waals surface area contributed by atoms with Crippen LogP contribution in [0.25, 0.3) is 5.57 Å². The molecule has 0 bridgehead atoms. The van der Waals surface area contributed by atoms with E-state index >= 15 is 0 Å². The molecule has 2 aromatic rings. The van der Waals surface area contributed by atoms with Crippen molar-refractivity contribution in [1.82, 2.24) is 30.3 Å². The van der Waals surface area contributed by atoms with Crippen molar-refractivity contribution in [2.24, 2.45) is 7.05 Å². The van der Waals surface area contributed by atoms with E-state index in [1.54, 1.807) is 23.9 Å². The van der Waals surface area contributed by atoms with Crippen molar-refractivity contribution in [1.29, 1.82) is 0 Å². The highest BCUT2D eigenvalue weighted by Crippen LogP contribution is 2.28. The Labute approximate surface area is 159 Å². The third kappa shape index (κ3) is 3.33. The molecule has 0 aliphatic heterocycles. The third-order valence-electron chi connectivity index (χ3n) is 3.85. The number of hydrogen-bond acceptors (Lipinski definition) is 6. The van der Waals surface area contributed by atoms with Crippen LogP contribution in [0.4, 0.5) is 5.69 Å². The number of hydrogen-bond donors (Lipinski definition) is 2. The van der Waals surface area contributed by atoms with E-state index in [-0.39, 0.29) is 16.5 Å². The normalized spacial score (nSPS) is 15.5. The molecule has 0 aromatic carbocycles. The van der Waals surface area contributed by atoms with E-state index in [1.165, 1.54) is 6.07 Å². The molecule has 0 unspecified atom stereocenters. The number of rotatable bonds is 4. The number of allylic oxidation sites excluding steroid dienone is 5. The summed E-state index contributed by atoms with van der Waals surface area (Å²) in [6, 6.07) is 1.39. The molecular formula is C17H17ClN7O+. The predicted octanol–water partition coefficient (Wildman–Crippen LogP) is 2.07. The average Bonchev–Trinajstić information content (AvgIpc) is 2.94. The van der Waals surface area contributed by atoms with Gasteiger partial charge in [0.1, 0.15) is 23.5 Å². The molecule has 3 rings (SSSR count). The quantitative estimate of drug-likeness (QED) is 0.796. The van der Waals surface area contributed by atoms with Crippen LogP contribution in [-0.2, 0) is 7.05 Å². The molecular weight excluding hydrogens is 354 g/mol. The minimum atomic E-state index is -2.66. The lowest BCUT2D eigenvalue weighted by molar-refractivity contribution is 0.0958. The molecule has 0 saturated carbocycles. The molecule has 0 fully saturated rings. The van der Waals surface area contributed by atoms with Crippen molar-refractivity contribution in [3.05, 3.63) is 58.1 Å². The van der Waals surface area contributed by atoms with Crippen LogP contribution >= 0.6 is 11.6 Å². The highest BCUT2D eigenvalue weighted by Gasteiger charge is 2.25. The smallest absolute Gasteiger partial charge is 0.273 e. The highest BCUT2D eigenvalue weighted by molar-refractivity contribution is 6.29. The van der Waals surface area contributed by atoms with Gasteiger partial charge in [-0.05, 0) is 13.8 Å². The summed E-state index contributed by atoms with van der Waals surface area (Å²) < 4.78 is 23.3. The number of carbonyl (C=O) groups is 1.